The zero-order valence-electron chi connectivity index (χ0n) is 9.47. The SMILES string of the molecule is OCc1ccc(C2(F)CN(C3COC3)C2)cn1. The Balaban J connectivity index is 1.67. The largest absolute Gasteiger partial charge is 0.390 e. The first-order chi connectivity index (χ1) is 8.21. The average molecular weight is 238 g/mol. The molecule has 2 fully saturated rings. The number of halogens is 1. The molecule has 1 aromatic rings. The second-order valence-corrected chi connectivity index (χ2v) is 4.76. The first-order valence-electron chi connectivity index (χ1n) is 5.78. The molecule has 3 heterocycles. The predicted molar refractivity (Wildman–Crippen MR) is 59.1 cm³/mol. The molecule has 17 heavy (non-hydrogen) atoms. The monoisotopic (exact) mass is 238 g/mol. The fraction of sp³-hybridized carbons (Fsp3) is 0.583. The van der Waals surface area contributed by atoms with Gasteiger partial charge >= 0.3 is 0 Å². The molecule has 0 amide bonds. The van der Waals surface area contributed by atoms with Crippen LogP contribution in [0.3, 0.4) is 0 Å². The summed E-state index contributed by atoms with van der Waals surface area (Å²) in [4.78, 5) is 6.12. The standard InChI is InChI=1S/C12H15FN2O2/c13-12(7-15(8-12)11-5-17-6-11)9-1-2-10(4-16)14-3-9/h1-3,11,16H,4-8H2. The number of hydrogen-bond acceptors (Lipinski definition) is 4. The van der Waals surface area contributed by atoms with Gasteiger partial charge in [0.05, 0.1) is 31.6 Å². The lowest BCUT2D eigenvalue weighted by Crippen LogP contribution is -2.64. The maximum atomic E-state index is 14.5. The van der Waals surface area contributed by atoms with E-state index in [1.165, 1.54) is 6.20 Å². The number of aliphatic hydroxyl groups is 1. The van der Waals surface area contributed by atoms with Crippen molar-refractivity contribution >= 4 is 0 Å². The molecule has 4 nitrogen and oxygen atoms in total. The number of nitrogens with zero attached hydrogens (tertiary/aromatic N) is 2. The third-order valence-corrected chi connectivity index (χ3v) is 3.55. The van der Waals surface area contributed by atoms with Crippen LogP contribution in [0, 0.1) is 0 Å². The Morgan fingerprint density at radius 2 is 2.24 bits per heavy atom. The minimum atomic E-state index is -1.28. The zero-order valence-corrected chi connectivity index (χ0v) is 9.47. The van der Waals surface area contributed by atoms with Crippen LogP contribution in [-0.2, 0) is 17.0 Å². The summed E-state index contributed by atoms with van der Waals surface area (Å²) in [6, 6.07) is 3.78. The van der Waals surface area contributed by atoms with Crippen LogP contribution < -0.4 is 0 Å². The number of hydrogen-bond donors (Lipinski definition) is 1. The van der Waals surface area contributed by atoms with Gasteiger partial charge in [-0.05, 0) is 6.07 Å². The molecule has 0 saturated carbocycles. The molecular formula is C12H15FN2O2. The third-order valence-electron chi connectivity index (χ3n) is 3.55. The molecule has 5 heteroatoms. The van der Waals surface area contributed by atoms with Gasteiger partial charge in [-0.3, -0.25) is 9.88 Å². The molecule has 0 spiro atoms. The summed E-state index contributed by atoms with van der Waals surface area (Å²) in [6.07, 6.45) is 1.53. The normalized spacial score (nSPS) is 24.1. The molecule has 92 valence electrons. The van der Waals surface area contributed by atoms with Crippen molar-refractivity contribution in [1.82, 2.24) is 9.88 Å². The van der Waals surface area contributed by atoms with Crippen LogP contribution in [0.4, 0.5) is 4.39 Å². The van der Waals surface area contributed by atoms with Crippen molar-refractivity contribution in [2.45, 2.75) is 18.3 Å². The molecule has 0 aromatic carbocycles. The van der Waals surface area contributed by atoms with Gasteiger partial charge in [-0.2, -0.15) is 0 Å². The lowest BCUT2D eigenvalue weighted by atomic mass is 9.87. The Morgan fingerprint density at radius 3 is 2.71 bits per heavy atom. The van der Waals surface area contributed by atoms with Gasteiger partial charge in [0.15, 0.2) is 5.67 Å². The highest BCUT2D eigenvalue weighted by Gasteiger charge is 2.49. The van der Waals surface area contributed by atoms with Crippen molar-refractivity contribution in [3.05, 3.63) is 29.6 Å². The number of aliphatic hydroxyl groups excluding tert-OH is 1. The molecule has 0 bridgehead atoms. The van der Waals surface area contributed by atoms with E-state index < -0.39 is 5.67 Å². The van der Waals surface area contributed by atoms with Gasteiger partial charge in [0.25, 0.3) is 0 Å². The summed E-state index contributed by atoms with van der Waals surface area (Å²) >= 11 is 0. The molecule has 3 rings (SSSR count). The van der Waals surface area contributed by atoms with E-state index in [0.29, 0.717) is 30.4 Å². The van der Waals surface area contributed by atoms with Crippen LogP contribution in [0.2, 0.25) is 0 Å². The van der Waals surface area contributed by atoms with Crippen molar-refractivity contribution in [2.75, 3.05) is 26.3 Å². The second kappa shape index (κ2) is 4.01. The van der Waals surface area contributed by atoms with Gasteiger partial charge in [-0.1, -0.05) is 6.07 Å². The Kier molecular flexibility index (Phi) is 2.61. The van der Waals surface area contributed by atoms with Crippen molar-refractivity contribution in [3.8, 4) is 0 Å². The fourth-order valence-corrected chi connectivity index (χ4v) is 2.26. The quantitative estimate of drug-likeness (QED) is 0.830. The van der Waals surface area contributed by atoms with E-state index in [-0.39, 0.29) is 6.61 Å². The van der Waals surface area contributed by atoms with E-state index in [0.717, 1.165) is 13.2 Å². The van der Waals surface area contributed by atoms with Gasteiger partial charge in [-0.25, -0.2) is 4.39 Å². The third kappa shape index (κ3) is 1.84. The van der Waals surface area contributed by atoms with Crippen LogP contribution in [0.15, 0.2) is 18.3 Å². The number of aromatic nitrogens is 1. The van der Waals surface area contributed by atoms with Crippen LogP contribution in [0.5, 0.6) is 0 Å². The van der Waals surface area contributed by atoms with Crippen molar-refractivity contribution in [2.24, 2.45) is 0 Å². The number of ether oxygens (including phenoxy) is 1. The van der Waals surface area contributed by atoms with E-state index in [9.17, 15) is 4.39 Å². The number of likely N-dealkylation sites (tertiary alicyclic amines) is 1. The molecular weight excluding hydrogens is 223 g/mol. The lowest BCUT2D eigenvalue weighted by molar-refractivity contribution is -0.141. The summed E-state index contributed by atoms with van der Waals surface area (Å²) in [5.74, 6) is 0. The van der Waals surface area contributed by atoms with E-state index >= 15 is 0 Å². The molecule has 2 saturated heterocycles. The maximum absolute atomic E-state index is 14.5. The van der Waals surface area contributed by atoms with Gasteiger partial charge < -0.3 is 9.84 Å². The van der Waals surface area contributed by atoms with E-state index in [1.807, 2.05) is 0 Å². The van der Waals surface area contributed by atoms with Gasteiger partial charge in [0, 0.05) is 24.8 Å². The second-order valence-electron chi connectivity index (χ2n) is 4.76. The molecule has 0 aliphatic carbocycles. The van der Waals surface area contributed by atoms with Gasteiger partial charge in [0.1, 0.15) is 0 Å². The number of alkyl halides is 1. The predicted octanol–water partition coefficient (Wildman–Crippen LogP) is 0.453. The smallest absolute Gasteiger partial charge is 0.162 e. The van der Waals surface area contributed by atoms with E-state index in [4.69, 9.17) is 9.84 Å². The summed E-state index contributed by atoms with van der Waals surface area (Å²) in [5.41, 5.74) is -0.108. The molecule has 0 atom stereocenters. The Bertz CT molecular complexity index is 399. The summed E-state index contributed by atoms with van der Waals surface area (Å²) in [5, 5.41) is 8.88. The minimum Gasteiger partial charge on any atom is -0.390 e. The Hall–Kier alpha value is -1.04. The topological polar surface area (TPSA) is 45.6 Å². The van der Waals surface area contributed by atoms with E-state index in [1.54, 1.807) is 12.1 Å². The maximum Gasteiger partial charge on any atom is 0.162 e. The summed E-state index contributed by atoms with van der Waals surface area (Å²) in [6.45, 7) is 2.17. The Morgan fingerprint density at radius 1 is 1.47 bits per heavy atom. The highest BCUT2D eigenvalue weighted by molar-refractivity contribution is 5.25. The first-order valence-corrected chi connectivity index (χ1v) is 5.78. The molecule has 1 N–H and O–H groups in total. The van der Waals surface area contributed by atoms with Crippen molar-refractivity contribution in [1.29, 1.82) is 0 Å². The first kappa shape index (κ1) is 11.1. The number of pyridine rings is 1. The van der Waals surface area contributed by atoms with Crippen LogP contribution in [0.25, 0.3) is 0 Å². The molecule has 1 aromatic heterocycles. The molecule has 0 radical (unpaired) electrons. The lowest BCUT2D eigenvalue weighted by Gasteiger charge is -2.50. The highest BCUT2D eigenvalue weighted by atomic mass is 19.1. The van der Waals surface area contributed by atoms with Crippen molar-refractivity contribution in [3.63, 3.8) is 0 Å². The average Bonchev–Trinajstić information content (AvgIpc) is 2.24. The molecule has 2 aliphatic heterocycles. The van der Waals surface area contributed by atoms with Crippen LogP contribution in [0.1, 0.15) is 11.3 Å². The van der Waals surface area contributed by atoms with Crippen LogP contribution >= 0.6 is 0 Å². The van der Waals surface area contributed by atoms with Gasteiger partial charge in [0.2, 0.25) is 0 Å². The zero-order chi connectivity index (χ0) is 11.9. The summed E-state index contributed by atoms with van der Waals surface area (Å²) < 4.78 is 19.6. The Labute approximate surface area is 99.0 Å². The fourth-order valence-electron chi connectivity index (χ4n) is 2.26. The molecule has 2 aliphatic rings. The highest BCUT2D eigenvalue weighted by Crippen LogP contribution is 2.37. The molecule has 0 unspecified atom stereocenters. The van der Waals surface area contributed by atoms with E-state index in [2.05, 4.69) is 9.88 Å². The van der Waals surface area contributed by atoms with Crippen LogP contribution in [-0.4, -0.2) is 47.3 Å². The summed E-state index contributed by atoms with van der Waals surface area (Å²) in [7, 11) is 0. The number of rotatable bonds is 3. The van der Waals surface area contributed by atoms with Crippen molar-refractivity contribution < 1.29 is 14.2 Å². The minimum absolute atomic E-state index is 0.106. The van der Waals surface area contributed by atoms with Gasteiger partial charge in [-0.15, -0.1) is 0 Å².